The van der Waals surface area contributed by atoms with Gasteiger partial charge in [0.05, 0.1) is 17.5 Å². The second-order valence-electron chi connectivity index (χ2n) is 8.58. The van der Waals surface area contributed by atoms with E-state index in [1.807, 2.05) is 0 Å². The van der Waals surface area contributed by atoms with Gasteiger partial charge < -0.3 is 16.0 Å². The molecule has 4 aromatic heterocycles. The van der Waals surface area contributed by atoms with E-state index < -0.39 is 11.3 Å². The third-order valence-electron chi connectivity index (χ3n) is 6.26. The summed E-state index contributed by atoms with van der Waals surface area (Å²) in [6.45, 7) is 1.65. The summed E-state index contributed by atoms with van der Waals surface area (Å²) in [7, 11) is 0. The maximum atomic E-state index is 13.7. The molecule has 0 fully saturated rings. The summed E-state index contributed by atoms with van der Waals surface area (Å²) in [5.74, 6) is -0.303. The average Bonchev–Trinajstić information content (AvgIpc) is 3.42. The van der Waals surface area contributed by atoms with E-state index in [0.717, 1.165) is 0 Å². The summed E-state index contributed by atoms with van der Waals surface area (Å²) in [6.07, 6.45) is 4.75. The van der Waals surface area contributed by atoms with Crippen LogP contribution in [0.2, 0.25) is 0 Å². The number of anilines is 2. The van der Waals surface area contributed by atoms with Crippen LogP contribution in [0.15, 0.2) is 59.9 Å². The zero-order chi connectivity index (χ0) is 25.0. The lowest BCUT2D eigenvalue weighted by molar-refractivity contribution is -0.119. The number of aromatic nitrogens is 7. The molecule has 1 atom stereocenters. The molecule has 5 heterocycles. The summed E-state index contributed by atoms with van der Waals surface area (Å²) in [6, 6.07) is 8.92. The van der Waals surface area contributed by atoms with Gasteiger partial charge in [0.15, 0.2) is 16.9 Å². The van der Waals surface area contributed by atoms with E-state index in [0.29, 0.717) is 40.3 Å². The number of hydrogen-bond acceptors (Lipinski definition) is 8. The van der Waals surface area contributed by atoms with Crippen molar-refractivity contribution in [1.29, 1.82) is 0 Å². The molecule has 0 saturated heterocycles. The molecule has 11 nitrogen and oxygen atoms in total. The molecule has 0 unspecified atom stereocenters. The first kappa shape index (κ1) is 21.5. The number of pyridine rings is 1. The van der Waals surface area contributed by atoms with Crippen LogP contribution in [-0.2, 0) is 16.6 Å². The average molecular weight is 483 g/mol. The fraction of sp³-hybridized carbons (Fsp3) is 0.125. The minimum Gasteiger partial charge on any atom is -0.383 e. The van der Waals surface area contributed by atoms with Crippen molar-refractivity contribution >= 4 is 23.2 Å². The van der Waals surface area contributed by atoms with Crippen molar-refractivity contribution in [3.63, 3.8) is 0 Å². The maximum Gasteiger partial charge on any atom is 0.242 e. The Morgan fingerprint density at radius 1 is 1.14 bits per heavy atom. The standard InChI is InChI=1S/C24H18FN9O2/c1-24(17-9-14(35)5-6-27-17)18-19(26)31-20(32-21(18)33-23(24)36)16-10-34-22(28-11-29-34)15(30-16)8-12-3-2-4-13(25)7-12/h2-7,9-11H,8H2,1H3,(H,27,35)(H3,26,31,32,33,36)/t24-/m0/s1. The van der Waals surface area contributed by atoms with Gasteiger partial charge in [-0.05, 0) is 24.6 Å². The normalized spacial score (nSPS) is 16.8. The Morgan fingerprint density at radius 2 is 2.00 bits per heavy atom. The van der Waals surface area contributed by atoms with E-state index in [4.69, 9.17) is 5.73 Å². The second kappa shape index (κ2) is 7.77. The quantitative estimate of drug-likeness (QED) is 0.349. The van der Waals surface area contributed by atoms with E-state index in [2.05, 4.69) is 35.3 Å². The number of nitrogen functional groups attached to an aromatic ring is 1. The number of nitrogens with one attached hydrogen (secondary N) is 2. The van der Waals surface area contributed by atoms with E-state index in [-0.39, 0.29) is 28.7 Å². The molecule has 1 aliphatic rings. The number of H-pyrrole nitrogens is 1. The number of benzene rings is 1. The van der Waals surface area contributed by atoms with Crippen LogP contribution < -0.4 is 16.5 Å². The number of carbonyl (C=O) groups is 1. The van der Waals surface area contributed by atoms with Gasteiger partial charge in [0.2, 0.25) is 5.91 Å². The van der Waals surface area contributed by atoms with Gasteiger partial charge in [-0.1, -0.05) is 12.1 Å². The number of amides is 1. The Kier molecular flexibility index (Phi) is 4.64. The summed E-state index contributed by atoms with van der Waals surface area (Å²) in [4.78, 5) is 45.9. The molecule has 0 spiro atoms. The second-order valence-corrected chi connectivity index (χ2v) is 8.58. The number of fused-ring (bicyclic) bond motifs is 2. The molecule has 5 aromatic rings. The summed E-state index contributed by atoms with van der Waals surface area (Å²) < 4.78 is 15.3. The summed E-state index contributed by atoms with van der Waals surface area (Å²) in [5.41, 5.74) is 7.63. The number of aromatic amines is 1. The first-order valence-electron chi connectivity index (χ1n) is 11.0. The molecule has 0 aliphatic carbocycles. The van der Waals surface area contributed by atoms with Gasteiger partial charge >= 0.3 is 0 Å². The molecular weight excluding hydrogens is 465 g/mol. The molecule has 6 rings (SSSR count). The largest absolute Gasteiger partial charge is 0.383 e. The molecule has 36 heavy (non-hydrogen) atoms. The maximum absolute atomic E-state index is 13.7. The van der Waals surface area contributed by atoms with Crippen molar-refractivity contribution in [2.75, 3.05) is 11.1 Å². The fourth-order valence-corrected chi connectivity index (χ4v) is 4.47. The lowest BCUT2D eigenvalue weighted by Crippen LogP contribution is -2.34. The zero-order valence-corrected chi connectivity index (χ0v) is 18.9. The van der Waals surface area contributed by atoms with E-state index >= 15 is 0 Å². The van der Waals surface area contributed by atoms with Gasteiger partial charge in [0, 0.05) is 30.4 Å². The monoisotopic (exact) mass is 483 g/mol. The number of halogens is 1. The van der Waals surface area contributed by atoms with Crippen molar-refractivity contribution in [1.82, 2.24) is 34.5 Å². The van der Waals surface area contributed by atoms with Crippen LogP contribution in [0.3, 0.4) is 0 Å². The number of hydrogen-bond donors (Lipinski definition) is 3. The summed E-state index contributed by atoms with van der Waals surface area (Å²) >= 11 is 0. The van der Waals surface area contributed by atoms with Crippen molar-refractivity contribution < 1.29 is 9.18 Å². The van der Waals surface area contributed by atoms with Crippen LogP contribution in [0.5, 0.6) is 0 Å². The predicted molar refractivity (Wildman–Crippen MR) is 128 cm³/mol. The van der Waals surface area contributed by atoms with Crippen LogP contribution >= 0.6 is 0 Å². The Morgan fingerprint density at radius 3 is 2.81 bits per heavy atom. The predicted octanol–water partition coefficient (Wildman–Crippen LogP) is 1.84. The SMILES string of the molecule is C[C@@]1(c2cc(=O)cc[nH]2)C(=O)Nc2nc(-c3cn4ncnc4c(Cc4cccc(F)c4)n3)nc(N)c21. The third-order valence-corrected chi connectivity index (χ3v) is 6.26. The molecule has 178 valence electrons. The van der Waals surface area contributed by atoms with E-state index in [9.17, 15) is 14.0 Å². The van der Waals surface area contributed by atoms with Crippen LogP contribution in [0.1, 0.15) is 29.4 Å². The molecule has 1 aliphatic heterocycles. The smallest absolute Gasteiger partial charge is 0.242 e. The van der Waals surface area contributed by atoms with Gasteiger partial charge in [0.1, 0.15) is 34.9 Å². The molecule has 12 heteroatoms. The minimum absolute atomic E-state index is 0.0627. The van der Waals surface area contributed by atoms with E-state index in [1.165, 1.54) is 41.3 Å². The van der Waals surface area contributed by atoms with E-state index in [1.54, 1.807) is 25.3 Å². The first-order chi connectivity index (χ1) is 17.3. The zero-order valence-electron chi connectivity index (χ0n) is 18.9. The fourth-order valence-electron chi connectivity index (χ4n) is 4.47. The van der Waals surface area contributed by atoms with Gasteiger partial charge in [-0.2, -0.15) is 5.10 Å². The molecule has 1 amide bonds. The van der Waals surface area contributed by atoms with Crippen LogP contribution in [0, 0.1) is 5.82 Å². The molecule has 0 saturated carbocycles. The Balaban J connectivity index is 1.47. The molecule has 1 aromatic carbocycles. The third kappa shape index (κ3) is 3.30. The van der Waals surface area contributed by atoms with Gasteiger partial charge in [-0.3, -0.25) is 9.59 Å². The van der Waals surface area contributed by atoms with Gasteiger partial charge in [-0.25, -0.2) is 28.8 Å². The highest BCUT2D eigenvalue weighted by molar-refractivity contribution is 6.08. The summed E-state index contributed by atoms with van der Waals surface area (Å²) in [5, 5.41) is 6.96. The Bertz CT molecular complexity index is 1750. The number of nitrogens with zero attached hydrogens (tertiary/aromatic N) is 6. The highest BCUT2D eigenvalue weighted by Crippen LogP contribution is 2.43. The Labute approximate surface area is 202 Å². The van der Waals surface area contributed by atoms with Gasteiger partial charge in [0.25, 0.3) is 0 Å². The lowest BCUT2D eigenvalue weighted by Gasteiger charge is -2.22. The van der Waals surface area contributed by atoms with Crippen molar-refractivity contribution in [2.45, 2.75) is 18.8 Å². The van der Waals surface area contributed by atoms with Crippen molar-refractivity contribution in [3.8, 4) is 11.5 Å². The van der Waals surface area contributed by atoms with Gasteiger partial charge in [-0.15, -0.1) is 0 Å². The number of carbonyl (C=O) groups excluding carboxylic acids is 1. The first-order valence-corrected chi connectivity index (χ1v) is 11.0. The van der Waals surface area contributed by atoms with Crippen LogP contribution in [0.25, 0.3) is 17.2 Å². The lowest BCUT2D eigenvalue weighted by atomic mass is 9.81. The number of nitrogens with two attached hydrogens (primary N) is 1. The van der Waals surface area contributed by atoms with Crippen LogP contribution in [-0.4, -0.2) is 40.4 Å². The molecule has 0 radical (unpaired) electrons. The van der Waals surface area contributed by atoms with Crippen molar-refractivity contribution in [2.24, 2.45) is 0 Å². The topological polar surface area (TPSA) is 157 Å². The molecular formula is C24H18FN9O2. The highest BCUT2D eigenvalue weighted by Gasteiger charge is 2.48. The highest BCUT2D eigenvalue weighted by atomic mass is 19.1. The molecule has 0 bridgehead atoms. The molecule has 4 N–H and O–H groups in total. The van der Waals surface area contributed by atoms with Crippen molar-refractivity contribution in [3.05, 3.63) is 93.7 Å². The number of rotatable bonds is 4. The Hall–Kier alpha value is -5.00. The van der Waals surface area contributed by atoms with Crippen LogP contribution in [0.4, 0.5) is 16.0 Å². The minimum atomic E-state index is -1.29.